The van der Waals surface area contributed by atoms with Crippen LogP contribution in [0.5, 0.6) is 0 Å². The predicted molar refractivity (Wildman–Crippen MR) is 71.9 cm³/mol. The fraction of sp³-hybridized carbons (Fsp3) is 0.364. The fourth-order valence-corrected chi connectivity index (χ4v) is 2.70. The first kappa shape index (κ1) is 15.7. The summed E-state index contributed by atoms with van der Waals surface area (Å²) >= 11 is 5.95. The van der Waals surface area contributed by atoms with Crippen LogP contribution in [0.2, 0.25) is 5.02 Å². The number of rotatable bonds is 6. The van der Waals surface area contributed by atoms with Crippen molar-refractivity contribution in [1.82, 2.24) is 0 Å². The van der Waals surface area contributed by atoms with Crippen molar-refractivity contribution in [2.45, 2.75) is 4.90 Å². The summed E-state index contributed by atoms with van der Waals surface area (Å²) in [6.45, 7) is 0.638. The van der Waals surface area contributed by atoms with Crippen LogP contribution in [-0.4, -0.2) is 46.0 Å². The standard InChI is InChI=1S/C11H14ClNO5S/c1-18-6-5-13-10-8(19(2,16)17)4-3-7(9(10)12)11(14)15/h3-4,13H,5-6H2,1-2H3,(H,14,15). The number of carboxylic acids is 1. The summed E-state index contributed by atoms with van der Waals surface area (Å²) in [6.07, 6.45) is 1.03. The van der Waals surface area contributed by atoms with Gasteiger partial charge in [0.1, 0.15) is 0 Å². The van der Waals surface area contributed by atoms with Gasteiger partial charge in [0.25, 0.3) is 0 Å². The summed E-state index contributed by atoms with van der Waals surface area (Å²) < 4.78 is 28.1. The first-order valence-corrected chi connectivity index (χ1v) is 7.54. The molecular weight excluding hydrogens is 294 g/mol. The number of anilines is 1. The molecule has 8 heteroatoms. The molecule has 0 saturated carbocycles. The first-order chi connectivity index (χ1) is 8.79. The quantitative estimate of drug-likeness (QED) is 0.774. The molecule has 6 nitrogen and oxygen atoms in total. The molecule has 0 atom stereocenters. The predicted octanol–water partition coefficient (Wildman–Crippen LogP) is 1.50. The Hall–Kier alpha value is -1.31. The highest BCUT2D eigenvalue weighted by Crippen LogP contribution is 2.32. The van der Waals surface area contributed by atoms with Gasteiger partial charge < -0.3 is 15.2 Å². The molecule has 0 saturated heterocycles. The summed E-state index contributed by atoms with van der Waals surface area (Å²) in [7, 11) is -2.02. The number of ether oxygens (including phenoxy) is 1. The van der Waals surface area contributed by atoms with E-state index in [2.05, 4.69) is 5.32 Å². The van der Waals surface area contributed by atoms with Crippen molar-refractivity contribution >= 4 is 33.1 Å². The second-order valence-electron chi connectivity index (χ2n) is 3.80. The molecule has 0 aliphatic rings. The van der Waals surface area contributed by atoms with Crippen LogP contribution >= 0.6 is 11.6 Å². The summed E-state index contributed by atoms with van der Waals surface area (Å²) in [5.41, 5.74) is -0.0740. The van der Waals surface area contributed by atoms with E-state index in [0.717, 1.165) is 6.26 Å². The van der Waals surface area contributed by atoms with Gasteiger partial charge >= 0.3 is 5.97 Å². The Morgan fingerprint density at radius 3 is 2.58 bits per heavy atom. The molecule has 1 rings (SSSR count). The normalized spacial score (nSPS) is 11.3. The maximum atomic E-state index is 11.6. The number of halogens is 1. The van der Waals surface area contributed by atoms with Gasteiger partial charge in [-0.1, -0.05) is 11.6 Å². The number of carboxylic acid groups (broad SMARTS) is 1. The molecule has 106 valence electrons. The second kappa shape index (κ2) is 6.23. The van der Waals surface area contributed by atoms with E-state index in [4.69, 9.17) is 21.4 Å². The third kappa shape index (κ3) is 3.82. The molecule has 0 radical (unpaired) electrons. The largest absolute Gasteiger partial charge is 0.478 e. The van der Waals surface area contributed by atoms with Crippen molar-refractivity contribution in [2.24, 2.45) is 0 Å². The minimum atomic E-state index is -3.52. The van der Waals surface area contributed by atoms with Gasteiger partial charge in [-0.25, -0.2) is 13.2 Å². The highest BCUT2D eigenvalue weighted by atomic mass is 35.5. The van der Waals surface area contributed by atoms with Gasteiger partial charge in [-0.15, -0.1) is 0 Å². The van der Waals surface area contributed by atoms with E-state index >= 15 is 0 Å². The number of hydrogen-bond acceptors (Lipinski definition) is 5. The van der Waals surface area contributed by atoms with Crippen molar-refractivity contribution in [1.29, 1.82) is 0 Å². The monoisotopic (exact) mass is 307 g/mol. The number of benzene rings is 1. The average Bonchev–Trinajstić information content (AvgIpc) is 2.29. The maximum absolute atomic E-state index is 11.6. The Balaban J connectivity index is 3.34. The number of methoxy groups -OCH3 is 1. The highest BCUT2D eigenvalue weighted by Gasteiger charge is 2.21. The van der Waals surface area contributed by atoms with E-state index in [1.807, 2.05) is 0 Å². The zero-order valence-corrected chi connectivity index (χ0v) is 12.0. The lowest BCUT2D eigenvalue weighted by Crippen LogP contribution is -2.13. The van der Waals surface area contributed by atoms with E-state index in [1.54, 1.807) is 0 Å². The van der Waals surface area contributed by atoms with Crippen molar-refractivity contribution in [3.8, 4) is 0 Å². The minimum Gasteiger partial charge on any atom is -0.478 e. The second-order valence-corrected chi connectivity index (χ2v) is 6.16. The molecule has 0 aromatic heterocycles. The van der Waals surface area contributed by atoms with Gasteiger partial charge in [0.2, 0.25) is 0 Å². The van der Waals surface area contributed by atoms with Crippen LogP contribution in [0.1, 0.15) is 10.4 Å². The summed E-state index contributed by atoms with van der Waals surface area (Å²) in [5, 5.41) is 11.6. The summed E-state index contributed by atoms with van der Waals surface area (Å²) in [6, 6.07) is 2.39. The van der Waals surface area contributed by atoms with Gasteiger partial charge in [-0.05, 0) is 12.1 Å². The molecule has 0 bridgehead atoms. The van der Waals surface area contributed by atoms with Crippen LogP contribution in [0.15, 0.2) is 17.0 Å². The lowest BCUT2D eigenvalue weighted by Gasteiger charge is -2.14. The lowest BCUT2D eigenvalue weighted by atomic mass is 10.2. The first-order valence-electron chi connectivity index (χ1n) is 5.27. The molecule has 0 unspecified atom stereocenters. The van der Waals surface area contributed by atoms with Gasteiger partial charge in [0.15, 0.2) is 9.84 Å². The third-order valence-corrected chi connectivity index (χ3v) is 3.87. The molecule has 0 fully saturated rings. The van der Waals surface area contributed by atoms with Crippen LogP contribution in [0, 0.1) is 0 Å². The smallest absolute Gasteiger partial charge is 0.337 e. The number of aromatic carboxylic acids is 1. The van der Waals surface area contributed by atoms with Crippen LogP contribution in [0.3, 0.4) is 0 Å². The van der Waals surface area contributed by atoms with Crippen LogP contribution < -0.4 is 5.32 Å². The highest BCUT2D eigenvalue weighted by molar-refractivity contribution is 7.90. The third-order valence-electron chi connectivity index (χ3n) is 2.34. The molecule has 0 amide bonds. The molecule has 1 aromatic rings. The number of hydrogen-bond donors (Lipinski definition) is 2. The molecule has 0 heterocycles. The van der Waals surface area contributed by atoms with Gasteiger partial charge in [-0.2, -0.15) is 0 Å². The van der Waals surface area contributed by atoms with Crippen molar-refractivity contribution < 1.29 is 23.1 Å². The molecule has 1 aromatic carbocycles. The van der Waals surface area contributed by atoms with Gasteiger partial charge in [-0.3, -0.25) is 0 Å². The van der Waals surface area contributed by atoms with Crippen molar-refractivity contribution in [3.05, 3.63) is 22.7 Å². The Kier molecular flexibility index (Phi) is 5.16. The molecular formula is C11H14ClNO5S. The maximum Gasteiger partial charge on any atom is 0.337 e. The molecule has 0 aliphatic heterocycles. The van der Waals surface area contributed by atoms with Crippen molar-refractivity contribution in [2.75, 3.05) is 31.8 Å². The Morgan fingerprint density at radius 2 is 2.11 bits per heavy atom. The van der Waals surface area contributed by atoms with E-state index < -0.39 is 15.8 Å². The lowest BCUT2D eigenvalue weighted by molar-refractivity contribution is 0.0697. The zero-order valence-electron chi connectivity index (χ0n) is 10.4. The van der Waals surface area contributed by atoms with Crippen LogP contribution in [0.4, 0.5) is 5.69 Å². The number of carbonyl (C=O) groups is 1. The summed E-state index contributed by atoms with van der Waals surface area (Å²) in [5.74, 6) is -1.22. The van der Waals surface area contributed by atoms with Crippen molar-refractivity contribution in [3.63, 3.8) is 0 Å². The summed E-state index contributed by atoms with van der Waals surface area (Å²) in [4.78, 5) is 10.9. The SMILES string of the molecule is COCCNc1c(S(C)(=O)=O)ccc(C(=O)O)c1Cl. The van der Waals surface area contributed by atoms with Gasteiger partial charge in [0, 0.05) is 19.9 Å². The average molecular weight is 308 g/mol. The molecule has 19 heavy (non-hydrogen) atoms. The molecule has 0 spiro atoms. The van der Waals surface area contributed by atoms with E-state index in [9.17, 15) is 13.2 Å². The fourth-order valence-electron chi connectivity index (χ4n) is 1.48. The molecule has 2 N–H and O–H groups in total. The minimum absolute atomic E-state index is 0.0430. The van der Waals surface area contributed by atoms with E-state index in [1.165, 1.54) is 19.2 Å². The number of sulfone groups is 1. The number of nitrogens with one attached hydrogen (secondary N) is 1. The van der Waals surface area contributed by atoms with E-state index in [-0.39, 0.29) is 21.2 Å². The topological polar surface area (TPSA) is 92.7 Å². The molecule has 0 aliphatic carbocycles. The van der Waals surface area contributed by atoms with E-state index in [0.29, 0.717) is 13.2 Å². The Bertz CT molecular complexity index is 585. The van der Waals surface area contributed by atoms with Crippen LogP contribution in [0.25, 0.3) is 0 Å². The van der Waals surface area contributed by atoms with Gasteiger partial charge in [0.05, 0.1) is 27.8 Å². The Morgan fingerprint density at radius 1 is 1.47 bits per heavy atom. The van der Waals surface area contributed by atoms with Crippen LogP contribution in [-0.2, 0) is 14.6 Å². The zero-order chi connectivity index (χ0) is 14.6. The Labute approximate surface area is 116 Å².